The Labute approximate surface area is 211 Å². The lowest BCUT2D eigenvalue weighted by Gasteiger charge is -2.27. The highest BCUT2D eigenvalue weighted by Crippen LogP contribution is 2.41. The van der Waals surface area contributed by atoms with Crippen molar-refractivity contribution in [1.82, 2.24) is 9.80 Å². The molecule has 0 bridgehead atoms. The van der Waals surface area contributed by atoms with Gasteiger partial charge in [0.2, 0.25) is 5.76 Å². The van der Waals surface area contributed by atoms with Crippen LogP contribution in [-0.2, 0) is 0 Å². The molecule has 2 aromatic carbocycles. The molecule has 1 amide bonds. The first-order chi connectivity index (χ1) is 17.5. The van der Waals surface area contributed by atoms with E-state index in [4.69, 9.17) is 18.6 Å². The molecule has 36 heavy (non-hydrogen) atoms. The van der Waals surface area contributed by atoms with Crippen molar-refractivity contribution in [3.8, 4) is 17.2 Å². The highest BCUT2D eigenvalue weighted by molar-refractivity contribution is 5.99. The summed E-state index contributed by atoms with van der Waals surface area (Å²) in [6, 6.07) is 10.0. The van der Waals surface area contributed by atoms with Crippen LogP contribution in [0.1, 0.15) is 54.9 Å². The lowest BCUT2D eigenvalue weighted by Crippen LogP contribution is -2.33. The molecule has 8 heteroatoms. The molecule has 4 rings (SSSR count). The molecular weight excluding hydrogens is 460 g/mol. The van der Waals surface area contributed by atoms with Crippen molar-refractivity contribution in [1.29, 1.82) is 0 Å². The molecule has 3 aromatic rings. The molecule has 1 aliphatic rings. The number of carbonyl (C=O) groups excluding carboxylic acids is 1. The van der Waals surface area contributed by atoms with E-state index >= 15 is 0 Å². The van der Waals surface area contributed by atoms with Crippen LogP contribution in [0.3, 0.4) is 0 Å². The van der Waals surface area contributed by atoms with Crippen LogP contribution in [0.4, 0.5) is 0 Å². The lowest BCUT2D eigenvalue weighted by atomic mass is 9.98. The van der Waals surface area contributed by atoms with Crippen LogP contribution in [0.15, 0.2) is 45.6 Å². The number of nitrogens with zero attached hydrogens (tertiary/aromatic N) is 2. The summed E-state index contributed by atoms with van der Waals surface area (Å²) in [6.45, 7) is 9.87. The summed E-state index contributed by atoms with van der Waals surface area (Å²) in [7, 11) is 3.12. The van der Waals surface area contributed by atoms with Gasteiger partial charge in [0.1, 0.15) is 11.3 Å². The average Bonchev–Trinajstić information content (AvgIpc) is 3.18. The molecule has 0 radical (unpaired) electrons. The third kappa shape index (κ3) is 4.65. The van der Waals surface area contributed by atoms with Gasteiger partial charge in [0.15, 0.2) is 16.9 Å². The largest absolute Gasteiger partial charge is 0.497 e. The Kier molecular flexibility index (Phi) is 7.84. The molecule has 8 nitrogen and oxygen atoms in total. The summed E-state index contributed by atoms with van der Waals surface area (Å²) in [4.78, 5) is 31.5. The third-order valence-electron chi connectivity index (χ3n) is 6.75. The van der Waals surface area contributed by atoms with E-state index in [1.165, 1.54) is 0 Å². The molecule has 2 heterocycles. The van der Waals surface area contributed by atoms with Crippen LogP contribution in [0, 0.1) is 0 Å². The zero-order valence-electron chi connectivity index (χ0n) is 21.6. The van der Waals surface area contributed by atoms with E-state index in [2.05, 4.69) is 18.7 Å². The van der Waals surface area contributed by atoms with Gasteiger partial charge in [-0.25, -0.2) is 0 Å². The molecule has 0 spiro atoms. The smallest absolute Gasteiger partial charge is 0.290 e. The van der Waals surface area contributed by atoms with Crippen LogP contribution in [0.25, 0.3) is 11.0 Å². The van der Waals surface area contributed by atoms with Crippen LogP contribution in [0.2, 0.25) is 0 Å². The second-order valence-corrected chi connectivity index (χ2v) is 8.66. The Morgan fingerprint density at radius 2 is 1.75 bits per heavy atom. The number of benzene rings is 2. The number of carbonyl (C=O) groups is 1. The first kappa shape index (κ1) is 25.6. The minimum absolute atomic E-state index is 0.0847. The fourth-order valence-corrected chi connectivity index (χ4v) is 4.84. The summed E-state index contributed by atoms with van der Waals surface area (Å²) >= 11 is 0. The predicted molar refractivity (Wildman–Crippen MR) is 138 cm³/mol. The Bertz CT molecular complexity index is 1300. The predicted octanol–water partition coefficient (Wildman–Crippen LogP) is 4.49. The maximum Gasteiger partial charge on any atom is 0.290 e. The Morgan fingerprint density at radius 3 is 2.42 bits per heavy atom. The molecule has 0 N–H and O–H groups in total. The number of hydrogen-bond acceptors (Lipinski definition) is 7. The van der Waals surface area contributed by atoms with Crippen LogP contribution in [-0.4, -0.2) is 62.7 Å². The van der Waals surface area contributed by atoms with E-state index < -0.39 is 6.04 Å². The van der Waals surface area contributed by atoms with Crippen molar-refractivity contribution in [3.63, 3.8) is 0 Å². The zero-order valence-corrected chi connectivity index (χ0v) is 21.6. The van der Waals surface area contributed by atoms with Crippen molar-refractivity contribution < 1.29 is 23.4 Å². The highest BCUT2D eigenvalue weighted by atomic mass is 16.5. The normalized spacial score (nSPS) is 15.0. The average molecular weight is 495 g/mol. The number of fused-ring (bicyclic) bond motifs is 2. The SMILES string of the molecule is CCOc1ccc(C2c3c(oc4cc(OC)ccc4c3=O)C(=O)N2CCCN(CC)CC)cc1OC. The van der Waals surface area contributed by atoms with Gasteiger partial charge in [-0.05, 0) is 62.8 Å². The molecule has 192 valence electrons. The molecule has 0 aliphatic carbocycles. The monoisotopic (exact) mass is 494 g/mol. The summed E-state index contributed by atoms with van der Waals surface area (Å²) in [5.74, 6) is 1.51. The lowest BCUT2D eigenvalue weighted by molar-refractivity contribution is 0.0720. The van der Waals surface area contributed by atoms with Crippen LogP contribution >= 0.6 is 0 Å². The zero-order chi connectivity index (χ0) is 25.8. The van der Waals surface area contributed by atoms with Gasteiger partial charge in [-0.2, -0.15) is 0 Å². The minimum atomic E-state index is -0.587. The second kappa shape index (κ2) is 11.0. The molecule has 0 saturated carbocycles. The fourth-order valence-electron chi connectivity index (χ4n) is 4.84. The standard InChI is InChI=1S/C28H34N2O6/c1-6-29(7-2)14-9-15-30-25(18-10-13-21(35-8-3)23(16-18)34-5)24-26(31)20-12-11-19(33-4)17-22(20)36-27(24)28(30)32/h10-13,16-17,25H,6-9,14-15H2,1-5H3. The first-order valence-corrected chi connectivity index (χ1v) is 12.5. The van der Waals surface area contributed by atoms with Gasteiger partial charge in [0.25, 0.3) is 5.91 Å². The number of methoxy groups -OCH3 is 2. The van der Waals surface area contributed by atoms with Crippen molar-refractivity contribution in [2.45, 2.75) is 33.2 Å². The van der Waals surface area contributed by atoms with Gasteiger partial charge in [-0.15, -0.1) is 0 Å². The van der Waals surface area contributed by atoms with Crippen molar-refractivity contribution >= 4 is 16.9 Å². The van der Waals surface area contributed by atoms with Crippen molar-refractivity contribution in [2.75, 3.05) is 47.0 Å². The van der Waals surface area contributed by atoms with Gasteiger partial charge in [-0.1, -0.05) is 19.9 Å². The topological polar surface area (TPSA) is 81.5 Å². The Hall–Kier alpha value is -3.52. The molecule has 1 unspecified atom stereocenters. The van der Waals surface area contributed by atoms with E-state index in [1.807, 2.05) is 25.1 Å². The van der Waals surface area contributed by atoms with Gasteiger partial charge in [0.05, 0.1) is 37.8 Å². The highest BCUT2D eigenvalue weighted by Gasteiger charge is 2.42. The van der Waals surface area contributed by atoms with Crippen molar-refractivity contribution in [2.24, 2.45) is 0 Å². The molecule has 1 atom stereocenters. The molecular formula is C28H34N2O6. The van der Waals surface area contributed by atoms with Gasteiger partial charge >= 0.3 is 0 Å². The molecule has 0 fully saturated rings. The van der Waals surface area contributed by atoms with E-state index in [0.29, 0.717) is 46.9 Å². The summed E-state index contributed by atoms with van der Waals surface area (Å²) < 4.78 is 22.6. The summed E-state index contributed by atoms with van der Waals surface area (Å²) in [5, 5.41) is 0.412. The molecule has 1 aromatic heterocycles. The second-order valence-electron chi connectivity index (χ2n) is 8.66. The minimum Gasteiger partial charge on any atom is -0.497 e. The van der Waals surface area contributed by atoms with E-state index in [-0.39, 0.29) is 17.1 Å². The quantitative estimate of drug-likeness (QED) is 0.389. The Balaban J connectivity index is 1.83. The molecule has 1 aliphatic heterocycles. The first-order valence-electron chi connectivity index (χ1n) is 12.5. The van der Waals surface area contributed by atoms with E-state index in [1.54, 1.807) is 37.3 Å². The van der Waals surface area contributed by atoms with Crippen LogP contribution in [0.5, 0.6) is 17.2 Å². The maximum absolute atomic E-state index is 13.7. The number of hydrogen-bond donors (Lipinski definition) is 0. The van der Waals surface area contributed by atoms with Gasteiger partial charge < -0.3 is 28.4 Å². The number of rotatable bonds is 11. The number of ether oxygens (including phenoxy) is 3. The maximum atomic E-state index is 13.7. The fraction of sp³-hybridized carbons (Fsp3) is 0.429. The van der Waals surface area contributed by atoms with E-state index in [9.17, 15) is 9.59 Å². The van der Waals surface area contributed by atoms with Crippen molar-refractivity contribution in [3.05, 3.63) is 63.5 Å². The number of amides is 1. The summed E-state index contributed by atoms with van der Waals surface area (Å²) in [6.07, 6.45) is 0.771. The Morgan fingerprint density at radius 1 is 0.972 bits per heavy atom. The van der Waals surface area contributed by atoms with E-state index in [0.717, 1.165) is 31.6 Å². The third-order valence-corrected chi connectivity index (χ3v) is 6.75. The molecule has 0 saturated heterocycles. The van der Waals surface area contributed by atoms with Gasteiger partial charge in [0, 0.05) is 12.6 Å². The summed E-state index contributed by atoms with van der Waals surface area (Å²) in [5.41, 5.74) is 1.24. The van der Waals surface area contributed by atoms with Crippen LogP contribution < -0.4 is 19.6 Å². The van der Waals surface area contributed by atoms with Gasteiger partial charge in [-0.3, -0.25) is 9.59 Å².